The topological polar surface area (TPSA) is 157 Å². The second kappa shape index (κ2) is 15.5. The van der Waals surface area contributed by atoms with E-state index in [9.17, 15) is 24.0 Å². The molecule has 1 aromatic rings. The number of unbranched alkanes of at least 4 members (excludes halogenated alkanes) is 1. The lowest BCUT2D eigenvalue weighted by Gasteiger charge is -2.41. The number of nitrogens with one attached hydrogen (secondary N) is 3. The van der Waals surface area contributed by atoms with Crippen LogP contribution < -0.4 is 20.9 Å². The van der Waals surface area contributed by atoms with Crippen LogP contribution in [0.15, 0.2) is 24.3 Å². The van der Waals surface area contributed by atoms with Gasteiger partial charge in [-0.05, 0) is 62.1 Å². The number of nitrogens with zero attached hydrogens (tertiary/aromatic N) is 2. The van der Waals surface area contributed by atoms with E-state index in [-0.39, 0.29) is 31.2 Å². The number of carbonyl (C=O) groups is 5. The maximum atomic E-state index is 13.9. The van der Waals surface area contributed by atoms with Crippen molar-refractivity contribution in [3.05, 3.63) is 29.8 Å². The van der Waals surface area contributed by atoms with E-state index < -0.39 is 41.9 Å². The number of ether oxygens (including phenoxy) is 1. The van der Waals surface area contributed by atoms with Crippen LogP contribution >= 0.6 is 0 Å². The SMILES string of the molecule is CC[C@H](C)[C@@H]1NC(=O)[C@@H](Cc2ccc(OC)cc2)NC(=O)[C@H](CCCCNO)N(C=O)C(=O)[C@@H]2CCCCN2C1=O. The summed E-state index contributed by atoms with van der Waals surface area (Å²) in [7, 11) is 1.55. The van der Waals surface area contributed by atoms with Gasteiger partial charge in [0.15, 0.2) is 0 Å². The molecule has 5 amide bonds. The number of amides is 5. The van der Waals surface area contributed by atoms with Gasteiger partial charge < -0.3 is 25.5 Å². The average Bonchev–Trinajstić information content (AvgIpc) is 2.99. The molecule has 12 nitrogen and oxygen atoms in total. The van der Waals surface area contributed by atoms with Crippen molar-refractivity contribution in [3.63, 3.8) is 0 Å². The standard InChI is InChI=1S/C29H43N5O7/c1-4-19(2)25-29(39)33-16-8-6-10-24(33)28(38)34(18-35)23(9-5-7-15-30-40)27(37)31-22(26(36)32-25)17-20-11-13-21(41-3)14-12-20/h11-14,18-19,22-25,30,40H,4-10,15-17H2,1-3H3,(H,31,37)(H,32,36)/t19-,22+,23-,24-,25-/m0/s1. The number of methoxy groups -OCH3 is 1. The van der Waals surface area contributed by atoms with E-state index in [1.54, 1.807) is 31.4 Å². The summed E-state index contributed by atoms with van der Waals surface area (Å²) in [6.07, 6.45) is 3.85. The first-order valence-electron chi connectivity index (χ1n) is 14.4. The summed E-state index contributed by atoms with van der Waals surface area (Å²) in [4.78, 5) is 70.0. The van der Waals surface area contributed by atoms with Crippen molar-refractivity contribution >= 4 is 30.0 Å². The minimum atomic E-state index is -1.19. The Morgan fingerprint density at radius 1 is 1.07 bits per heavy atom. The van der Waals surface area contributed by atoms with Crippen LogP contribution in [0.25, 0.3) is 0 Å². The van der Waals surface area contributed by atoms with Crippen LogP contribution in [0.3, 0.4) is 0 Å². The first-order valence-corrected chi connectivity index (χ1v) is 14.4. The molecule has 0 bridgehead atoms. The minimum Gasteiger partial charge on any atom is -0.497 e. The fraction of sp³-hybridized carbons (Fsp3) is 0.621. The highest BCUT2D eigenvalue weighted by Gasteiger charge is 2.43. The summed E-state index contributed by atoms with van der Waals surface area (Å²) in [5, 5.41) is 14.6. The summed E-state index contributed by atoms with van der Waals surface area (Å²) < 4.78 is 5.22. The first-order chi connectivity index (χ1) is 19.7. The van der Waals surface area contributed by atoms with Crippen molar-refractivity contribution in [2.45, 2.75) is 89.4 Å². The van der Waals surface area contributed by atoms with Crippen LogP contribution in [0.2, 0.25) is 0 Å². The van der Waals surface area contributed by atoms with E-state index in [0.29, 0.717) is 57.2 Å². The number of hydrogen-bond donors (Lipinski definition) is 4. The Hall–Kier alpha value is -3.51. The fourth-order valence-electron chi connectivity index (χ4n) is 5.43. The van der Waals surface area contributed by atoms with E-state index in [2.05, 4.69) is 16.1 Å². The molecule has 2 heterocycles. The third kappa shape index (κ3) is 8.04. The Morgan fingerprint density at radius 2 is 1.80 bits per heavy atom. The number of fused-ring (bicyclic) bond motifs is 1. The number of hydrogen-bond acceptors (Lipinski definition) is 8. The van der Waals surface area contributed by atoms with Gasteiger partial charge in [-0.1, -0.05) is 32.4 Å². The molecule has 226 valence electrons. The van der Waals surface area contributed by atoms with Crippen LogP contribution in [0.5, 0.6) is 5.75 Å². The largest absolute Gasteiger partial charge is 0.497 e. The number of benzene rings is 1. The Morgan fingerprint density at radius 3 is 2.44 bits per heavy atom. The lowest BCUT2D eigenvalue weighted by Crippen LogP contribution is -2.64. The van der Waals surface area contributed by atoms with Crippen molar-refractivity contribution in [2.24, 2.45) is 5.92 Å². The zero-order valence-corrected chi connectivity index (χ0v) is 24.1. The summed E-state index contributed by atoms with van der Waals surface area (Å²) >= 11 is 0. The quantitative estimate of drug-likeness (QED) is 0.174. The van der Waals surface area contributed by atoms with Gasteiger partial charge in [0.2, 0.25) is 24.1 Å². The van der Waals surface area contributed by atoms with Crippen molar-refractivity contribution in [1.29, 1.82) is 0 Å². The highest BCUT2D eigenvalue weighted by atomic mass is 16.5. The van der Waals surface area contributed by atoms with E-state index in [4.69, 9.17) is 9.94 Å². The molecule has 4 N–H and O–H groups in total. The molecule has 1 aromatic carbocycles. The molecule has 0 saturated carbocycles. The molecular weight excluding hydrogens is 530 g/mol. The smallest absolute Gasteiger partial charge is 0.252 e. The fourth-order valence-corrected chi connectivity index (χ4v) is 5.43. The molecule has 5 atom stereocenters. The van der Waals surface area contributed by atoms with Crippen LogP contribution in [0.4, 0.5) is 0 Å². The van der Waals surface area contributed by atoms with Crippen molar-refractivity contribution in [1.82, 2.24) is 25.9 Å². The minimum absolute atomic E-state index is 0.117. The van der Waals surface area contributed by atoms with Crippen LogP contribution in [0.1, 0.15) is 64.4 Å². The van der Waals surface area contributed by atoms with Crippen LogP contribution in [-0.4, -0.2) is 89.4 Å². The predicted octanol–water partition coefficient (Wildman–Crippen LogP) is 1.15. The predicted molar refractivity (Wildman–Crippen MR) is 150 cm³/mol. The Kier molecular flexibility index (Phi) is 12.1. The summed E-state index contributed by atoms with van der Waals surface area (Å²) in [6, 6.07) is 2.99. The zero-order chi connectivity index (χ0) is 29.9. The molecule has 0 aromatic heterocycles. The van der Waals surface area contributed by atoms with Gasteiger partial charge in [-0.15, -0.1) is 0 Å². The van der Waals surface area contributed by atoms with Crippen LogP contribution in [-0.2, 0) is 30.4 Å². The van der Waals surface area contributed by atoms with Gasteiger partial charge in [0, 0.05) is 19.5 Å². The van der Waals surface area contributed by atoms with Gasteiger partial charge in [-0.2, -0.15) is 0 Å². The van der Waals surface area contributed by atoms with Gasteiger partial charge in [0.25, 0.3) is 5.91 Å². The van der Waals surface area contributed by atoms with E-state index >= 15 is 0 Å². The molecule has 41 heavy (non-hydrogen) atoms. The molecular formula is C29H43N5O7. The maximum Gasteiger partial charge on any atom is 0.252 e. The Labute approximate surface area is 241 Å². The second-order valence-corrected chi connectivity index (χ2v) is 10.8. The molecule has 12 heteroatoms. The lowest BCUT2D eigenvalue weighted by atomic mass is 9.92. The first kappa shape index (κ1) is 32.0. The molecule has 0 unspecified atom stereocenters. The van der Waals surface area contributed by atoms with Crippen molar-refractivity contribution < 1.29 is 33.9 Å². The highest BCUT2D eigenvalue weighted by Crippen LogP contribution is 2.24. The van der Waals surface area contributed by atoms with E-state index in [0.717, 1.165) is 10.5 Å². The summed E-state index contributed by atoms with van der Waals surface area (Å²) in [5.41, 5.74) is 2.80. The monoisotopic (exact) mass is 573 g/mol. The maximum absolute atomic E-state index is 13.9. The Balaban J connectivity index is 2.04. The molecule has 0 aliphatic carbocycles. The van der Waals surface area contributed by atoms with E-state index in [1.165, 1.54) is 4.90 Å². The number of imide groups is 1. The van der Waals surface area contributed by atoms with Gasteiger partial charge >= 0.3 is 0 Å². The van der Waals surface area contributed by atoms with Gasteiger partial charge in [0.05, 0.1) is 7.11 Å². The zero-order valence-electron chi connectivity index (χ0n) is 24.1. The normalized spacial score (nSPS) is 24.9. The summed E-state index contributed by atoms with van der Waals surface area (Å²) in [6.45, 7) is 4.37. The lowest BCUT2D eigenvalue weighted by molar-refractivity contribution is -0.157. The molecule has 0 radical (unpaired) electrons. The number of hydroxylamine groups is 1. The summed E-state index contributed by atoms with van der Waals surface area (Å²) in [5.74, 6) is -1.72. The van der Waals surface area contributed by atoms with Crippen LogP contribution in [0, 0.1) is 5.92 Å². The van der Waals surface area contributed by atoms with Gasteiger partial charge in [-0.25, -0.2) is 5.48 Å². The number of rotatable bonds is 11. The third-order valence-corrected chi connectivity index (χ3v) is 8.10. The second-order valence-electron chi connectivity index (χ2n) is 10.8. The molecule has 3 rings (SSSR count). The van der Waals surface area contributed by atoms with E-state index in [1.807, 2.05) is 13.8 Å². The van der Waals surface area contributed by atoms with Gasteiger partial charge in [0.1, 0.15) is 29.9 Å². The molecule has 2 aliphatic heterocycles. The Bertz CT molecular complexity index is 1070. The molecule has 2 fully saturated rings. The molecule has 2 aliphatic rings. The third-order valence-electron chi connectivity index (χ3n) is 8.10. The number of carbonyl (C=O) groups excluding carboxylic acids is 5. The van der Waals surface area contributed by atoms with Crippen molar-refractivity contribution in [3.8, 4) is 5.75 Å². The average molecular weight is 574 g/mol. The number of piperidine rings is 1. The highest BCUT2D eigenvalue weighted by molar-refractivity contribution is 6.01. The van der Waals surface area contributed by atoms with Crippen molar-refractivity contribution in [2.75, 3.05) is 20.2 Å². The molecule has 0 spiro atoms. The van der Waals surface area contributed by atoms with Gasteiger partial charge in [-0.3, -0.25) is 28.9 Å². The molecule has 2 saturated heterocycles.